The average molecular weight is 637 g/mol. The van der Waals surface area contributed by atoms with Crippen LogP contribution in [0.1, 0.15) is 22.3 Å². The minimum absolute atomic E-state index is 0.412. The average Bonchev–Trinajstić information content (AvgIpc) is 3.80. The molecule has 0 fully saturated rings. The number of aromatic nitrogens is 4. The van der Waals surface area contributed by atoms with E-state index in [-0.39, 0.29) is 0 Å². The van der Waals surface area contributed by atoms with Gasteiger partial charge in [0.1, 0.15) is 0 Å². The van der Waals surface area contributed by atoms with Crippen LogP contribution in [-0.2, 0) is 5.41 Å². The maximum atomic E-state index is 5.18. The van der Waals surface area contributed by atoms with Gasteiger partial charge in [-0.25, -0.2) is 4.98 Å². The molecule has 11 rings (SSSR count). The molecule has 1 spiro atoms. The van der Waals surface area contributed by atoms with Crippen molar-refractivity contribution in [3.05, 3.63) is 192 Å². The van der Waals surface area contributed by atoms with Crippen LogP contribution in [0.5, 0.6) is 0 Å². The first-order valence-electron chi connectivity index (χ1n) is 17.1. The van der Waals surface area contributed by atoms with E-state index in [9.17, 15) is 0 Å². The molecule has 0 bridgehead atoms. The van der Waals surface area contributed by atoms with Crippen LogP contribution in [0.3, 0.4) is 0 Å². The van der Waals surface area contributed by atoms with Crippen LogP contribution in [0.25, 0.3) is 72.8 Å². The highest BCUT2D eigenvalue weighted by atomic mass is 15.2. The molecule has 7 aromatic carbocycles. The van der Waals surface area contributed by atoms with Gasteiger partial charge in [-0.15, -0.1) is 0 Å². The number of para-hydroxylation sites is 1. The van der Waals surface area contributed by atoms with Crippen LogP contribution in [0.15, 0.2) is 170 Å². The van der Waals surface area contributed by atoms with E-state index in [0.717, 1.165) is 22.2 Å². The van der Waals surface area contributed by atoms with Crippen molar-refractivity contribution in [1.29, 1.82) is 0 Å². The number of hydrogen-bond donors (Lipinski definition) is 0. The molecule has 0 amide bonds. The fourth-order valence-corrected chi connectivity index (χ4v) is 8.75. The summed E-state index contributed by atoms with van der Waals surface area (Å²) in [5.41, 5.74) is 14.1. The molecule has 50 heavy (non-hydrogen) atoms. The SMILES string of the molecule is c1ccc(-c2nc(-c3ccccc3)nc(-n3c4ccccc4c4c5c(ccc43)C3(c4ccccc4-c4ccccc43)c3ccccc3-5)n2)cc1. The van der Waals surface area contributed by atoms with Crippen molar-refractivity contribution in [2.45, 2.75) is 5.41 Å². The first-order valence-corrected chi connectivity index (χ1v) is 17.1. The topological polar surface area (TPSA) is 43.6 Å². The van der Waals surface area contributed by atoms with Crippen molar-refractivity contribution in [3.63, 3.8) is 0 Å². The van der Waals surface area contributed by atoms with Crippen molar-refractivity contribution in [2.24, 2.45) is 0 Å². The zero-order chi connectivity index (χ0) is 32.8. The highest BCUT2D eigenvalue weighted by Gasteiger charge is 2.52. The van der Waals surface area contributed by atoms with Gasteiger partial charge in [0.15, 0.2) is 11.6 Å². The lowest BCUT2D eigenvalue weighted by Crippen LogP contribution is -2.25. The molecule has 0 atom stereocenters. The van der Waals surface area contributed by atoms with Gasteiger partial charge in [-0.1, -0.05) is 158 Å². The lowest BCUT2D eigenvalue weighted by molar-refractivity contribution is 0.794. The fourth-order valence-electron chi connectivity index (χ4n) is 8.75. The third-order valence-corrected chi connectivity index (χ3v) is 10.7. The number of rotatable bonds is 3. The Balaban J connectivity index is 1.26. The van der Waals surface area contributed by atoms with E-state index in [2.05, 4.69) is 138 Å². The summed E-state index contributed by atoms with van der Waals surface area (Å²) in [5.74, 6) is 1.89. The Morgan fingerprint density at radius 2 is 0.880 bits per heavy atom. The van der Waals surface area contributed by atoms with Gasteiger partial charge in [0.05, 0.1) is 16.4 Å². The molecule has 0 saturated carbocycles. The zero-order valence-electron chi connectivity index (χ0n) is 27.0. The summed E-state index contributed by atoms with van der Waals surface area (Å²) in [5, 5.41) is 2.39. The Morgan fingerprint density at radius 3 is 1.50 bits per heavy atom. The molecule has 0 saturated heterocycles. The van der Waals surface area contributed by atoms with E-state index in [1.165, 1.54) is 55.3 Å². The molecule has 2 aliphatic rings. The lowest BCUT2D eigenvalue weighted by Gasteiger charge is -2.30. The highest BCUT2D eigenvalue weighted by molar-refractivity contribution is 6.18. The monoisotopic (exact) mass is 636 g/mol. The first-order chi connectivity index (χ1) is 24.8. The van der Waals surface area contributed by atoms with Crippen molar-refractivity contribution in [3.8, 4) is 51.0 Å². The molecule has 0 N–H and O–H groups in total. The van der Waals surface area contributed by atoms with Gasteiger partial charge in [-0.2, -0.15) is 9.97 Å². The van der Waals surface area contributed by atoms with Crippen LogP contribution < -0.4 is 0 Å². The summed E-state index contributed by atoms with van der Waals surface area (Å²) < 4.78 is 2.23. The molecule has 2 heterocycles. The Kier molecular flexibility index (Phi) is 5.56. The lowest BCUT2D eigenvalue weighted by atomic mass is 9.70. The predicted octanol–water partition coefficient (Wildman–Crippen LogP) is 10.6. The molecule has 2 aromatic heterocycles. The van der Waals surface area contributed by atoms with E-state index in [1.54, 1.807) is 0 Å². The van der Waals surface area contributed by atoms with Crippen molar-refractivity contribution < 1.29 is 0 Å². The van der Waals surface area contributed by atoms with Crippen LogP contribution in [-0.4, -0.2) is 19.5 Å². The largest absolute Gasteiger partial charge is 0.278 e. The minimum Gasteiger partial charge on any atom is -0.278 e. The smallest absolute Gasteiger partial charge is 0.238 e. The molecule has 4 heteroatoms. The number of nitrogens with zero attached hydrogens (tertiary/aromatic N) is 4. The maximum Gasteiger partial charge on any atom is 0.238 e. The fraction of sp³-hybridized carbons (Fsp3) is 0.0217. The summed E-state index contributed by atoms with van der Waals surface area (Å²) in [4.78, 5) is 15.3. The maximum absolute atomic E-state index is 5.18. The minimum atomic E-state index is -0.412. The number of fused-ring (bicyclic) bond motifs is 14. The molecule has 232 valence electrons. The van der Waals surface area contributed by atoms with Gasteiger partial charge < -0.3 is 0 Å². The van der Waals surface area contributed by atoms with Crippen LogP contribution in [0, 0.1) is 0 Å². The summed E-state index contributed by atoms with van der Waals surface area (Å²) in [6, 6.07) is 60.6. The summed E-state index contributed by atoms with van der Waals surface area (Å²) >= 11 is 0. The van der Waals surface area contributed by atoms with Crippen LogP contribution in [0.2, 0.25) is 0 Å². The second-order valence-electron chi connectivity index (χ2n) is 13.1. The Bertz CT molecular complexity index is 2710. The molecule has 0 aliphatic heterocycles. The molecule has 9 aromatic rings. The Morgan fingerprint density at radius 1 is 0.380 bits per heavy atom. The molecule has 0 radical (unpaired) electrons. The van der Waals surface area contributed by atoms with Gasteiger partial charge in [0, 0.05) is 21.9 Å². The van der Waals surface area contributed by atoms with Crippen molar-refractivity contribution >= 4 is 21.8 Å². The number of hydrogen-bond acceptors (Lipinski definition) is 3. The Hall–Kier alpha value is -6.65. The molecule has 0 unspecified atom stereocenters. The summed E-state index contributed by atoms with van der Waals surface area (Å²) in [6.45, 7) is 0. The third-order valence-electron chi connectivity index (χ3n) is 10.7. The molecular formula is C46H28N4. The van der Waals surface area contributed by atoms with Crippen molar-refractivity contribution in [2.75, 3.05) is 0 Å². The summed E-state index contributed by atoms with van der Waals surface area (Å²) in [7, 11) is 0. The van der Waals surface area contributed by atoms with Crippen LogP contribution in [0.4, 0.5) is 0 Å². The van der Waals surface area contributed by atoms with Gasteiger partial charge in [0.2, 0.25) is 5.95 Å². The van der Waals surface area contributed by atoms with E-state index in [4.69, 9.17) is 15.0 Å². The molecular weight excluding hydrogens is 609 g/mol. The van der Waals surface area contributed by atoms with Gasteiger partial charge in [-0.3, -0.25) is 4.57 Å². The molecule has 4 nitrogen and oxygen atoms in total. The molecule has 2 aliphatic carbocycles. The van der Waals surface area contributed by atoms with Gasteiger partial charge in [0.25, 0.3) is 0 Å². The standard InChI is InChI=1S/C46H28N4/c1-3-15-29(16-4-1)43-47-44(30-17-5-2-6-18-30)49-45(48-43)50-39-26-14-10-22-34(39)42-40(50)28-27-38-41(42)33-21-9-13-25-37(33)46(38)35-23-11-7-19-31(35)32-20-8-12-24-36(32)46/h1-28H. The van der Waals surface area contributed by atoms with Crippen molar-refractivity contribution in [1.82, 2.24) is 19.5 Å². The third kappa shape index (κ3) is 3.52. The predicted molar refractivity (Wildman–Crippen MR) is 201 cm³/mol. The second kappa shape index (κ2) is 10.2. The van der Waals surface area contributed by atoms with Gasteiger partial charge >= 0.3 is 0 Å². The first kappa shape index (κ1) is 27.3. The summed E-state index contributed by atoms with van der Waals surface area (Å²) in [6.07, 6.45) is 0. The normalized spacial score (nSPS) is 13.4. The van der Waals surface area contributed by atoms with E-state index >= 15 is 0 Å². The van der Waals surface area contributed by atoms with Gasteiger partial charge in [-0.05, 0) is 56.6 Å². The van der Waals surface area contributed by atoms with E-state index in [0.29, 0.717) is 17.6 Å². The zero-order valence-corrected chi connectivity index (χ0v) is 27.0. The quantitative estimate of drug-likeness (QED) is 0.194. The second-order valence-corrected chi connectivity index (χ2v) is 13.1. The number of benzene rings is 7. The highest BCUT2D eigenvalue weighted by Crippen LogP contribution is 2.64. The van der Waals surface area contributed by atoms with E-state index < -0.39 is 5.41 Å². The van der Waals surface area contributed by atoms with Crippen LogP contribution >= 0.6 is 0 Å². The Labute approximate surface area is 289 Å². The van der Waals surface area contributed by atoms with E-state index in [1.807, 2.05) is 36.4 Å².